The lowest BCUT2D eigenvalue weighted by molar-refractivity contribution is 0.135. The minimum absolute atomic E-state index is 0.235. The molecule has 0 N–H and O–H groups in total. The molecule has 0 spiro atoms. The highest BCUT2D eigenvalue weighted by molar-refractivity contribution is 6.30. The molecule has 2 aliphatic rings. The first-order chi connectivity index (χ1) is 11.4. The minimum Gasteiger partial charge on any atom is -0.487 e. The van der Waals surface area contributed by atoms with Gasteiger partial charge in [-0.25, -0.2) is 4.39 Å². The van der Waals surface area contributed by atoms with Crippen molar-refractivity contribution in [1.29, 1.82) is 0 Å². The van der Waals surface area contributed by atoms with Crippen molar-refractivity contribution in [1.82, 2.24) is 0 Å². The Morgan fingerprint density at radius 2 is 2.04 bits per heavy atom. The molecule has 0 radical (unpaired) electrons. The van der Waals surface area contributed by atoms with Gasteiger partial charge in [-0.1, -0.05) is 17.7 Å². The van der Waals surface area contributed by atoms with E-state index in [1.54, 1.807) is 12.1 Å². The van der Waals surface area contributed by atoms with Crippen molar-refractivity contribution in [2.45, 2.75) is 51.2 Å². The summed E-state index contributed by atoms with van der Waals surface area (Å²) in [5, 5.41) is 0.651. The van der Waals surface area contributed by atoms with Crippen LogP contribution in [-0.4, -0.2) is 5.60 Å². The second kappa shape index (κ2) is 5.66. The number of rotatable bonds is 4. The molecule has 24 heavy (non-hydrogen) atoms. The van der Waals surface area contributed by atoms with Gasteiger partial charge in [-0.2, -0.15) is 0 Å². The summed E-state index contributed by atoms with van der Waals surface area (Å²) in [5.74, 6) is 1.31. The van der Waals surface area contributed by atoms with Crippen LogP contribution in [0.15, 0.2) is 30.3 Å². The lowest BCUT2D eigenvalue weighted by atomic mass is 10.0. The van der Waals surface area contributed by atoms with Crippen molar-refractivity contribution in [3.63, 3.8) is 0 Å². The Kier molecular flexibility index (Phi) is 3.72. The van der Waals surface area contributed by atoms with Crippen LogP contribution in [-0.2, 0) is 13.0 Å². The van der Waals surface area contributed by atoms with E-state index in [4.69, 9.17) is 21.1 Å². The van der Waals surface area contributed by atoms with Gasteiger partial charge in [-0.3, -0.25) is 0 Å². The van der Waals surface area contributed by atoms with Crippen molar-refractivity contribution in [3.05, 3.63) is 57.9 Å². The summed E-state index contributed by atoms with van der Waals surface area (Å²) < 4.78 is 26.0. The molecular weight excluding hydrogens is 327 g/mol. The van der Waals surface area contributed by atoms with Gasteiger partial charge in [-0.15, -0.1) is 0 Å². The van der Waals surface area contributed by atoms with Crippen LogP contribution in [0.1, 0.15) is 49.3 Å². The standard InChI is InChI=1S/C20H20ClFO2/c1-20(2)10-14-7-16(21)8-15(19(14)24-20)11-23-18-6-5-13(9-17(18)22)12-3-4-12/h5-9,12H,3-4,10-11H2,1-2H3. The Bertz CT molecular complexity index is 796. The first-order valence-electron chi connectivity index (χ1n) is 8.34. The third-order valence-electron chi connectivity index (χ3n) is 4.59. The summed E-state index contributed by atoms with van der Waals surface area (Å²) in [6.07, 6.45) is 3.11. The van der Waals surface area contributed by atoms with Crippen molar-refractivity contribution < 1.29 is 13.9 Å². The predicted molar refractivity (Wildman–Crippen MR) is 92.6 cm³/mol. The molecule has 0 aromatic heterocycles. The number of ether oxygens (including phenoxy) is 2. The Balaban J connectivity index is 1.55. The molecule has 0 bridgehead atoms. The fourth-order valence-electron chi connectivity index (χ4n) is 3.31. The summed E-state index contributed by atoms with van der Waals surface area (Å²) >= 11 is 6.21. The zero-order valence-electron chi connectivity index (χ0n) is 13.9. The van der Waals surface area contributed by atoms with Crippen molar-refractivity contribution in [2.75, 3.05) is 0 Å². The van der Waals surface area contributed by atoms with Gasteiger partial charge in [-0.05, 0) is 68.0 Å². The molecule has 0 saturated heterocycles. The zero-order valence-corrected chi connectivity index (χ0v) is 14.6. The maximum atomic E-state index is 14.2. The number of hydrogen-bond donors (Lipinski definition) is 0. The van der Waals surface area contributed by atoms with Gasteiger partial charge in [0.25, 0.3) is 0 Å². The average molecular weight is 347 g/mol. The number of hydrogen-bond acceptors (Lipinski definition) is 2. The lowest BCUT2D eigenvalue weighted by Crippen LogP contribution is -2.25. The molecule has 1 aliphatic heterocycles. The maximum Gasteiger partial charge on any atom is 0.165 e. The topological polar surface area (TPSA) is 18.5 Å². The second-order valence-electron chi connectivity index (χ2n) is 7.34. The fraction of sp³-hybridized carbons (Fsp3) is 0.400. The molecule has 2 aromatic carbocycles. The van der Waals surface area contributed by atoms with E-state index in [1.165, 1.54) is 0 Å². The van der Waals surface area contributed by atoms with Crippen LogP contribution in [0.5, 0.6) is 11.5 Å². The third kappa shape index (κ3) is 3.10. The van der Waals surface area contributed by atoms with Crippen molar-refractivity contribution in [3.8, 4) is 11.5 Å². The number of fused-ring (bicyclic) bond motifs is 1. The summed E-state index contributed by atoms with van der Waals surface area (Å²) in [5.41, 5.74) is 2.75. The van der Waals surface area contributed by atoms with E-state index < -0.39 is 0 Å². The fourth-order valence-corrected chi connectivity index (χ4v) is 3.58. The lowest BCUT2D eigenvalue weighted by Gasteiger charge is -2.18. The molecule has 4 heteroatoms. The molecule has 1 heterocycles. The van der Waals surface area contributed by atoms with Gasteiger partial charge in [0.15, 0.2) is 11.6 Å². The molecule has 1 saturated carbocycles. The third-order valence-corrected chi connectivity index (χ3v) is 4.81. The minimum atomic E-state index is -0.306. The van der Waals surface area contributed by atoms with Crippen LogP contribution in [0.4, 0.5) is 4.39 Å². The maximum absolute atomic E-state index is 14.2. The van der Waals surface area contributed by atoms with Gasteiger partial charge in [0.1, 0.15) is 18.0 Å². The van der Waals surface area contributed by atoms with Crippen LogP contribution in [0.3, 0.4) is 0 Å². The van der Waals surface area contributed by atoms with E-state index in [-0.39, 0.29) is 23.8 Å². The van der Waals surface area contributed by atoms with E-state index in [0.29, 0.717) is 10.9 Å². The van der Waals surface area contributed by atoms with E-state index in [1.807, 2.05) is 32.0 Å². The SMILES string of the molecule is CC1(C)Cc2cc(Cl)cc(COc3ccc(C4CC4)cc3F)c2O1. The quantitative estimate of drug-likeness (QED) is 0.712. The molecule has 2 aromatic rings. The highest BCUT2D eigenvalue weighted by Gasteiger charge is 2.32. The van der Waals surface area contributed by atoms with Gasteiger partial charge < -0.3 is 9.47 Å². The number of halogens is 2. The van der Waals surface area contributed by atoms with E-state index >= 15 is 0 Å². The van der Waals surface area contributed by atoms with Crippen molar-refractivity contribution >= 4 is 11.6 Å². The molecular formula is C20H20ClFO2. The van der Waals surface area contributed by atoms with Crippen LogP contribution in [0, 0.1) is 5.82 Å². The summed E-state index contributed by atoms with van der Waals surface area (Å²) in [7, 11) is 0. The second-order valence-corrected chi connectivity index (χ2v) is 7.78. The Morgan fingerprint density at radius 3 is 2.75 bits per heavy atom. The predicted octanol–water partition coefficient (Wildman–Crippen LogP) is 5.65. The van der Waals surface area contributed by atoms with Gasteiger partial charge in [0.2, 0.25) is 0 Å². The molecule has 126 valence electrons. The number of benzene rings is 2. The van der Waals surface area contributed by atoms with Crippen LogP contribution in [0.25, 0.3) is 0 Å². The summed E-state index contributed by atoms with van der Waals surface area (Å²) in [4.78, 5) is 0. The summed E-state index contributed by atoms with van der Waals surface area (Å²) in [6, 6.07) is 9.03. The first-order valence-corrected chi connectivity index (χ1v) is 8.72. The van der Waals surface area contributed by atoms with Crippen LogP contribution >= 0.6 is 11.6 Å². The van der Waals surface area contributed by atoms with E-state index in [2.05, 4.69) is 0 Å². The van der Waals surface area contributed by atoms with Gasteiger partial charge in [0.05, 0.1) is 0 Å². The highest BCUT2D eigenvalue weighted by Crippen LogP contribution is 2.42. The highest BCUT2D eigenvalue weighted by atomic mass is 35.5. The molecule has 0 atom stereocenters. The van der Waals surface area contributed by atoms with Crippen molar-refractivity contribution in [2.24, 2.45) is 0 Å². The Hall–Kier alpha value is -1.74. The normalized spacial score (nSPS) is 18.2. The van der Waals surface area contributed by atoms with Crippen LogP contribution in [0.2, 0.25) is 5.02 Å². The molecule has 0 amide bonds. The Morgan fingerprint density at radius 1 is 1.25 bits per heavy atom. The Labute approximate surface area is 146 Å². The zero-order chi connectivity index (χ0) is 16.9. The molecule has 0 unspecified atom stereocenters. The summed E-state index contributed by atoms with van der Waals surface area (Å²) in [6.45, 7) is 4.32. The largest absolute Gasteiger partial charge is 0.487 e. The van der Waals surface area contributed by atoms with Gasteiger partial charge in [0, 0.05) is 17.0 Å². The molecule has 1 fully saturated rings. The van der Waals surface area contributed by atoms with Gasteiger partial charge >= 0.3 is 0 Å². The average Bonchev–Trinajstić information content (AvgIpc) is 3.29. The monoisotopic (exact) mass is 346 g/mol. The molecule has 4 rings (SSSR count). The smallest absolute Gasteiger partial charge is 0.165 e. The first kappa shape index (κ1) is 15.8. The van der Waals surface area contributed by atoms with E-state index in [9.17, 15) is 4.39 Å². The van der Waals surface area contributed by atoms with Crippen LogP contribution < -0.4 is 9.47 Å². The van der Waals surface area contributed by atoms with E-state index in [0.717, 1.165) is 41.7 Å². The molecule has 1 aliphatic carbocycles. The molecule has 2 nitrogen and oxygen atoms in total.